The molecule has 2 rings (SSSR count). The molecular formula is C17H28N2O2S. The van der Waals surface area contributed by atoms with Crippen molar-refractivity contribution < 1.29 is 8.42 Å². The number of nitrogens with one attached hydrogen (secondary N) is 1. The molecule has 0 aromatic heterocycles. The van der Waals surface area contributed by atoms with E-state index in [1.54, 1.807) is 12.1 Å². The summed E-state index contributed by atoms with van der Waals surface area (Å²) < 4.78 is 27.6. The van der Waals surface area contributed by atoms with Gasteiger partial charge in [-0.25, -0.2) is 13.1 Å². The zero-order valence-corrected chi connectivity index (χ0v) is 14.5. The third-order valence-corrected chi connectivity index (χ3v) is 5.71. The molecule has 0 saturated carbocycles. The summed E-state index contributed by atoms with van der Waals surface area (Å²) in [6.45, 7) is 7.01. The molecule has 22 heavy (non-hydrogen) atoms. The average Bonchev–Trinajstić information content (AvgIpc) is 2.48. The zero-order chi connectivity index (χ0) is 16.0. The van der Waals surface area contributed by atoms with E-state index in [1.165, 1.54) is 24.8 Å². The number of piperidine rings is 1. The van der Waals surface area contributed by atoms with Gasteiger partial charge in [-0.2, -0.15) is 0 Å². The Labute approximate surface area is 135 Å². The normalized spacial score (nSPS) is 18.3. The quantitative estimate of drug-likeness (QED) is 0.839. The highest BCUT2D eigenvalue weighted by molar-refractivity contribution is 7.89. The van der Waals surface area contributed by atoms with Crippen molar-refractivity contribution in [2.45, 2.75) is 56.9 Å². The predicted molar refractivity (Wildman–Crippen MR) is 90.5 cm³/mol. The van der Waals surface area contributed by atoms with Crippen LogP contribution >= 0.6 is 0 Å². The largest absolute Gasteiger partial charge is 0.302 e. The van der Waals surface area contributed by atoms with Crippen LogP contribution in [-0.4, -0.2) is 39.0 Å². The number of aryl methyl sites for hydroxylation is 1. The van der Waals surface area contributed by atoms with Gasteiger partial charge < -0.3 is 4.90 Å². The van der Waals surface area contributed by atoms with Crippen molar-refractivity contribution >= 4 is 10.0 Å². The number of hydrogen-bond donors (Lipinski definition) is 1. The van der Waals surface area contributed by atoms with Gasteiger partial charge in [0.25, 0.3) is 0 Å². The van der Waals surface area contributed by atoms with Crippen molar-refractivity contribution in [1.82, 2.24) is 9.62 Å². The second-order valence-electron chi connectivity index (χ2n) is 6.28. The molecule has 1 aliphatic heterocycles. The van der Waals surface area contributed by atoms with Crippen LogP contribution in [0.4, 0.5) is 0 Å². The molecule has 5 heteroatoms. The average molecular weight is 324 g/mol. The van der Waals surface area contributed by atoms with Gasteiger partial charge in [0, 0.05) is 12.6 Å². The molecule has 0 amide bonds. The molecule has 1 atom stereocenters. The van der Waals surface area contributed by atoms with Crippen LogP contribution in [0.3, 0.4) is 0 Å². The lowest BCUT2D eigenvalue weighted by molar-refractivity contribution is 0.215. The van der Waals surface area contributed by atoms with E-state index in [4.69, 9.17) is 0 Å². The Bertz CT molecular complexity index is 549. The summed E-state index contributed by atoms with van der Waals surface area (Å²) in [5.74, 6) is 0. The van der Waals surface area contributed by atoms with Crippen LogP contribution in [0.1, 0.15) is 45.1 Å². The van der Waals surface area contributed by atoms with E-state index >= 15 is 0 Å². The Hall–Kier alpha value is -0.910. The molecule has 0 bridgehead atoms. The second kappa shape index (κ2) is 8.09. The van der Waals surface area contributed by atoms with Crippen molar-refractivity contribution in [1.29, 1.82) is 0 Å². The van der Waals surface area contributed by atoms with Crippen LogP contribution in [0.15, 0.2) is 29.2 Å². The van der Waals surface area contributed by atoms with E-state index in [1.807, 2.05) is 19.1 Å². The topological polar surface area (TPSA) is 49.4 Å². The molecule has 4 nitrogen and oxygen atoms in total. The lowest BCUT2D eigenvalue weighted by atomic mass is 10.1. The minimum atomic E-state index is -3.42. The number of rotatable bonds is 7. The van der Waals surface area contributed by atoms with E-state index in [0.717, 1.165) is 32.5 Å². The maximum Gasteiger partial charge on any atom is 0.240 e. The van der Waals surface area contributed by atoms with E-state index in [2.05, 4.69) is 16.5 Å². The monoisotopic (exact) mass is 324 g/mol. The van der Waals surface area contributed by atoms with Crippen molar-refractivity contribution in [3.8, 4) is 0 Å². The maximum atomic E-state index is 12.4. The fourth-order valence-corrected chi connectivity index (χ4v) is 4.26. The first-order valence-electron chi connectivity index (χ1n) is 8.35. The number of nitrogens with zero attached hydrogens (tertiary/aromatic N) is 1. The molecule has 1 N–H and O–H groups in total. The molecule has 0 radical (unpaired) electrons. The minimum Gasteiger partial charge on any atom is -0.302 e. The first-order chi connectivity index (χ1) is 10.5. The smallest absolute Gasteiger partial charge is 0.240 e. The molecule has 0 aliphatic carbocycles. The van der Waals surface area contributed by atoms with Gasteiger partial charge in [0.2, 0.25) is 10.0 Å². The lowest BCUT2D eigenvalue weighted by Crippen LogP contribution is -2.43. The molecule has 1 heterocycles. The summed E-state index contributed by atoms with van der Waals surface area (Å²) in [5.41, 5.74) is 1.18. The summed E-state index contributed by atoms with van der Waals surface area (Å²) in [5, 5.41) is 0. The highest BCUT2D eigenvalue weighted by Crippen LogP contribution is 2.13. The van der Waals surface area contributed by atoms with Crippen LogP contribution in [0.2, 0.25) is 0 Å². The van der Waals surface area contributed by atoms with Crippen molar-refractivity contribution in [3.05, 3.63) is 29.8 Å². The third-order valence-electron chi connectivity index (χ3n) is 4.11. The highest BCUT2D eigenvalue weighted by atomic mass is 32.2. The van der Waals surface area contributed by atoms with Gasteiger partial charge in [0.1, 0.15) is 0 Å². The standard InChI is InChI=1S/C17H28N2O2S/c1-3-7-16-8-10-17(11-9-16)22(20,21)18-15(2)14-19-12-5-4-6-13-19/h8-11,15,18H,3-7,12-14H2,1-2H3. The Balaban J connectivity index is 1.94. The van der Waals surface area contributed by atoms with Crippen molar-refractivity contribution in [2.75, 3.05) is 19.6 Å². The maximum absolute atomic E-state index is 12.4. The number of benzene rings is 1. The molecule has 124 valence electrons. The number of hydrogen-bond acceptors (Lipinski definition) is 3. The van der Waals surface area contributed by atoms with E-state index in [-0.39, 0.29) is 6.04 Å². The third kappa shape index (κ3) is 5.07. The molecule has 1 fully saturated rings. The Kier molecular flexibility index (Phi) is 6.41. The summed E-state index contributed by atoms with van der Waals surface area (Å²) in [6, 6.07) is 7.17. The van der Waals surface area contributed by atoms with Gasteiger partial charge in [-0.1, -0.05) is 31.9 Å². The second-order valence-corrected chi connectivity index (χ2v) is 7.99. The van der Waals surface area contributed by atoms with Crippen LogP contribution in [0.25, 0.3) is 0 Å². The summed E-state index contributed by atoms with van der Waals surface area (Å²) in [6.07, 6.45) is 5.79. The molecule has 1 aliphatic rings. The van der Waals surface area contributed by atoms with Gasteiger partial charge in [-0.05, 0) is 57.0 Å². The fraction of sp³-hybridized carbons (Fsp3) is 0.647. The molecule has 1 saturated heterocycles. The van der Waals surface area contributed by atoms with Gasteiger partial charge >= 0.3 is 0 Å². The van der Waals surface area contributed by atoms with Gasteiger partial charge in [0.05, 0.1) is 4.90 Å². The summed E-state index contributed by atoms with van der Waals surface area (Å²) in [7, 11) is -3.42. The predicted octanol–water partition coefficient (Wildman–Crippen LogP) is 2.79. The van der Waals surface area contributed by atoms with Crippen molar-refractivity contribution in [2.24, 2.45) is 0 Å². The van der Waals surface area contributed by atoms with Crippen molar-refractivity contribution in [3.63, 3.8) is 0 Å². The molecule has 0 spiro atoms. The zero-order valence-electron chi connectivity index (χ0n) is 13.7. The van der Waals surface area contributed by atoms with Crippen LogP contribution in [0, 0.1) is 0 Å². The number of likely N-dealkylation sites (tertiary alicyclic amines) is 1. The minimum absolute atomic E-state index is 0.0709. The molecule has 1 aromatic carbocycles. The molecule has 1 aromatic rings. The van der Waals surface area contributed by atoms with E-state index in [0.29, 0.717) is 4.90 Å². The van der Waals surface area contributed by atoms with Gasteiger partial charge in [-0.3, -0.25) is 0 Å². The Morgan fingerprint density at radius 1 is 1.14 bits per heavy atom. The van der Waals surface area contributed by atoms with Gasteiger partial charge in [-0.15, -0.1) is 0 Å². The van der Waals surface area contributed by atoms with E-state index in [9.17, 15) is 8.42 Å². The first-order valence-corrected chi connectivity index (χ1v) is 9.83. The summed E-state index contributed by atoms with van der Waals surface area (Å²) >= 11 is 0. The van der Waals surface area contributed by atoms with Crippen LogP contribution in [0.5, 0.6) is 0 Å². The lowest BCUT2D eigenvalue weighted by Gasteiger charge is -2.29. The van der Waals surface area contributed by atoms with Crippen LogP contribution < -0.4 is 4.72 Å². The molecule has 1 unspecified atom stereocenters. The van der Waals surface area contributed by atoms with Crippen LogP contribution in [-0.2, 0) is 16.4 Å². The first kappa shape index (κ1) is 17.4. The van der Waals surface area contributed by atoms with Gasteiger partial charge in [0.15, 0.2) is 0 Å². The molecular weight excluding hydrogens is 296 g/mol. The highest BCUT2D eigenvalue weighted by Gasteiger charge is 2.20. The number of sulfonamides is 1. The summed E-state index contributed by atoms with van der Waals surface area (Å²) in [4.78, 5) is 2.71. The Morgan fingerprint density at radius 2 is 1.77 bits per heavy atom. The fourth-order valence-electron chi connectivity index (χ4n) is 3.02. The SMILES string of the molecule is CCCc1ccc(S(=O)(=O)NC(C)CN2CCCCC2)cc1. The van der Waals surface area contributed by atoms with E-state index < -0.39 is 10.0 Å². The Morgan fingerprint density at radius 3 is 2.36 bits per heavy atom.